The summed E-state index contributed by atoms with van der Waals surface area (Å²) in [7, 11) is -2.05. The molecule has 0 aliphatic carbocycles. The fourth-order valence-corrected chi connectivity index (χ4v) is 4.12. The van der Waals surface area contributed by atoms with Crippen LogP contribution in [0.4, 0.5) is 0 Å². The first-order valence-corrected chi connectivity index (χ1v) is 8.63. The van der Waals surface area contributed by atoms with E-state index < -0.39 is 15.6 Å². The maximum Gasteiger partial charge on any atom is 0.258 e. The van der Waals surface area contributed by atoms with Gasteiger partial charge in [-0.05, 0) is 18.6 Å². The largest absolute Gasteiger partial charge is 0.258 e. The monoisotopic (exact) mass is 357 g/mol. The lowest BCUT2D eigenvalue weighted by Crippen LogP contribution is -2.45. The lowest BCUT2D eigenvalue weighted by Gasteiger charge is -2.29. The molecule has 1 aromatic carbocycles. The van der Waals surface area contributed by atoms with E-state index in [0.717, 1.165) is 5.56 Å². The number of sulfonamides is 1. The molecule has 0 radical (unpaired) electrons. The number of hydrogen-bond acceptors (Lipinski definition) is 3. The molecular weight excluding hydrogens is 342 g/mol. The van der Waals surface area contributed by atoms with Crippen molar-refractivity contribution in [3.63, 3.8) is 0 Å². The van der Waals surface area contributed by atoms with E-state index in [1.54, 1.807) is 7.05 Å². The van der Waals surface area contributed by atoms with Crippen LogP contribution in [0.5, 0.6) is 0 Å². The molecule has 1 N–H and O–H groups in total. The zero-order valence-corrected chi connectivity index (χ0v) is 13.6. The Morgan fingerprint density at radius 1 is 1.30 bits per heavy atom. The number of hydrogen-bond donors (Lipinski definition) is 1. The molecule has 20 heavy (non-hydrogen) atoms. The van der Waals surface area contributed by atoms with Gasteiger partial charge in [-0.3, -0.25) is 4.68 Å². The van der Waals surface area contributed by atoms with Crippen LogP contribution < -0.4 is 4.72 Å². The van der Waals surface area contributed by atoms with Crippen LogP contribution in [-0.2, 0) is 22.6 Å². The first-order chi connectivity index (χ1) is 9.39. The summed E-state index contributed by atoms with van der Waals surface area (Å²) in [5.41, 5.74) is 0.160. The Bertz CT molecular complexity index is 685. The van der Waals surface area contributed by atoms with Gasteiger partial charge in [0.25, 0.3) is 10.0 Å². The number of nitrogens with one attached hydrogen (secondary N) is 1. The summed E-state index contributed by atoms with van der Waals surface area (Å²) >= 11 is 3.39. The van der Waals surface area contributed by atoms with Crippen molar-refractivity contribution in [3.05, 3.63) is 48.2 Å². The second-order valence-corrected chi connectivity index (χ2v) is 6.92. The number of halogens is 1. The standard InChI is InChI=1S/C13H16BrN3O2S/c1-13(10-14,11-6-4-3-5-7-11)16-20(18,19)12-8-9-15-17(12)2/h3-9,16H,10H2,1-2H3. The minimum atomic E-state index is -3.65. The van der Waals surface area contributed by atoms with Gasteiger partial charge < -0.3 is 0 Å². The molecule has 0 saturated heterocycles. The zero-order chi connectivity index (χ0) is 14.8. The van der Waals surface area contributed by atoms with E-state index >= 15 is 0 Å². The SMILES string of the molecule is Cn1nccc1S(=O)(=O)NC(C)(CBr)c1ccccc1. The average molecular weight is 358 g/mol. The molecule has 2 rings (SSSR count). The van der Waals surface area contributed by atoms with E-state index in [-0.39, 0.29) is 5.03 Å². The topological polar surface area (TPSA) is 64.0 Å². The summed E-state index contributed by atoms with van der Waals surface area (Å²) in [5.74, 6) is 0. The fraction of sp³-hybridized carbons (Fsp3) is 0.308. The third-order valence-corrected chi connectivity index (χ3v) is 5.88. The molecule has 108 valence electrons. The minimum absolute atomic E-state index is 0.139. The lowest BCUT2D eigenvalue weighted by molar-refractivity contribution is 0.476. The highest BCUT2D eigenvalue weighted by Gasteiger charge is 2.32. The Balaban J connectivity index is 2.38. The minimum Gasteiger partial charge on any atom is -0.256 e. The maximum absolute atomic E-state index is 12.5. The number of alkyl halides is 1. The van der Waals surface area contributed by atoms with Crippen LogP contribution in [0.25, 0.3) is 0 Å². The molecule has 1 atom stereocenters. The molecule has 1 aromatic heterocycles. The molecule has 7 heteroatoms. The smallest absolute Gasteiger partial charge is 0.256 e. The Morgan fingerprint density at radius 2 is 1.95 bits per heavy atom. The van der Waals surface area contributed by atoms with Gasteiger partial charge in [0, 0.05) is 12.4 Å². The summed E-state index contributed by atoms with van der Waals surface area (Å²) in [6.07, 6.45) is 1.46. The van der Waals surface area contributed by atoms with E-state index in [4.69, 9.17) is 0 Å². The quantitative estimate of drug-likeness (QED) is 0.832. The van der Waals surface area contributed by atoms with Gasteiger partial charge in [0.15, 0.2) is 5.03 Å². The Labute approximate surface area is 127 Å². The van der Waals surface area contributed by atoms with Crippen LogP contribution >= 0.6 is 15.9 Å². The van der Waals surface area contributed by atoms with Crippen LogP contribution in [-0.4, -0.2) is 23.5 Å². The van der Waals surface area contributed by atoms with Gasteiger partial charge in [0.05, 0.1) is 11.7 Å². The molecule has 0 aliphatic rings. The third-order valence-electron chi connectivity index (χ3n) is 3.09. The zero-order valence-electron chi connectivity index (χ0n) is 11.2. The summed E-state index contributed by atoms with van der Waals surface area (Å²) in [6, 6.07) is 10.9. The van der Waals surface area contributed by atoms with Gasteiger partial charge in [-0.1, -0.05) is 46.3 Å². The molecule has 0 bridgehead atoms. The highest BCUT2D eigenvalue weighted by atomic mass is 79.9. The van der Waals surface area contributed by atoms with Crippen molar-refractivity contribution in [1.82, 2.24) is 14.5 Å². The summed E-state index contributed by atoms with van der Waals surface area (Å²) < 4.78 is 29.0. The van der Waals surface area contributed by atoms with Crippen LogP contribution in [0.2, 0.25) is 0 Å². The number of rotatable bonds is 5. The number of benzene rings is 1. The predicted molar refractivity (Wildman–Crippen MR) is 81.1 cm³/mol. The summed E-state index contributed by atoms with van der Waals surface area (Å²) in [6.45, 7) is 1.84. The summed E-state index contributed by atoms with van der Waals surface area (Å²) in [4.78, 5) is 0. The highest BCUT2D eigenvalue weighted by Crippen LogP contribution is 2.25. The van der Waals surface area contributed by atoms with Gasteiger partial charge in [-0.15, -0.1) is 0 Å². The van der Waals surface area contributed by atoms with Gasteiger partial charge >= 0.3 is 0 Å². The van der Waals surface area contributed by atoms with Crippen molar-refractivity contribution in [3.8, 4) is 0 Å². The maximum atomic E-state index is 12.5. The van der Waals surface area contributed by atoms with Gasteiger partial charge in [-0.25, -0.2) is 8.42 Å². The van der Waals surface area contributed by atoms with Crippen molar-refractivity contribution >= 4 is 26.0 Å². The van der Waals surface area contributed by atoms with Crippen LogP contribution in [0.15, 0.2) is 47.6 Å². The van der Waals surface area contributed by atoms with Crippen LogP contribution in [0, 0.1) is 0 Å². The van der Waals surface area contributed by atoms with Gasteiger partial charge in [0.1, 0.15) is 0 Å². The second-order valence-electron chi connectivity index (χ2n) is 4.73. The van der Waals surface area contributed by atoms with Crippen molar-refractivity contribution in [2.24, 2.45) is 7.05 Å². The van der Waals surface area contributed by atoms with Crippen molar-refractivity contribution in [2.75, 3.05) is 5.33 Å². The molecule has 0 fully saturated rings. The molecular formula is C13H16BrN3O2S. The number of aryl methyl sites for hydroxylation is 1. The van der Waals surface area contributed by atoms with Crippen LogP contribution in [0.3, 0.4) is 0 Å². The Kier molecular flexibility index (Phi) is 4.31. The average Bonchev–Trinajstić information content (AvgIpc) is 2.86. The predicted octanol–water partition coefficient (Wildman–Crippen LogP) is 2.01. The first-order valence-electron chi connectivity index (χ1n) is 6.02. The Hall–Kier alpha value is -1.18. The highest BCUT2D eigenvalue weighted by molar-refractivity contribution is 9.09. The number of nitrogens with zero attached hydrogens (tertiary/aromatic N) is 2. The van der Waals surface area contributed by atoms with E-state index in [1.165, 1.54) is 16.9 Å². The van der Waals surface area contributed by atoms with Crippen molar-refractivity contribution in [1.29, 1.82) is 0 Å². The van der Waals surface area contributed by atoms with E-state index in [0.29, 0.717) is 5.33 Å². The molecule has 1 unspecified atom stereocenters. The summed E-state index contributed by atoms with van der Waals surface area (Å²) in [5, 5.41) is 4.50. The normalized spacial score (nSPS) is 14.9. The molecule has 2 aromatic rings. The van der Waals surface area contributed by atoms with E-state index in [2.05, 4.69) is 25.8 Å². The van der Waals surface area contributed by atoms with Crippen molar-refractivity contribution in [2.45, 2.75) is 17.5 Å². The van der Waals surface area contributed by atoms with Gasteiger partial charge in [0.2, 0.25) is 0 Å². The van der Waals surface area contributed by atoms with Crippen LogP contribution in [0.1, 0.15) is 12.5 Å². The fourth-order valence-electron chi connectivity index (χ4n) is 1.94. The molecule has 5 nitrogen and oxygen atoms in total. The van der Waals surface area contributed by atoms with E-state index in [1.807, 2.05) is 37.3 Å². The second kappa shape index (κ2) is 5.67. The molecule has 0 spiro atoms. The number of aromatic nitrogens is 2. The third kappa shape index (κ3) is 2.94. The van der Waals surface area contributed by atoms with E-state index in [9.17, 15) is 8.42 Å². The lowest BCUT2D eigenvalue weighted by atomic mass is 9.96. The molecule has 0 amide bonds. The first kappa shape index (κ1) is 15.2. The van der Waals surface area contributed by atoms with Crippen molar-refractivity contribution < 1.29 is 8.42 Å². The molecule has 0 saturated carbocycles. The molecule has 0 aliphatic heterocycles. The molecule has 1 heterocycles. The Morgan fingerprint density at radius 3 is 2.45 bits per heavy atom. The van der Waals surface area contributed by atoms with Gasteiger partial charge in [-0.2, -0.15) is 9.82 Å².